The van der Waals surface area contributed by atoms with Gasteiger partial charge < -0.3 is 14.5 Å². The SMILES string of the molecule is CCOC(c1ccc(OCc2cc(F)ccc2F)cc1)c1nc2ccc([N+](=O)[O-])cc2[nH]1. The zero-order valence-corrected chi connectivity index (χ0v) is 17.0. The van der Waals surface area contributed by atoms with Crippen molar-refractivity contribution in [3.8, 4) is 5.75 Å². The summed E-state index contributed by atoms with van der Waals surface area (Å²) < 4.78 is 38.5. The number of aromatic amines is 1. The second-order valence-electron chi connectivity index (χ2n) is 7.01. The highest BCUT2D eigenvalue weighted by Crippen LogP contribution is 2.29. The number of nitro benzene ring substituents is 1. The molecular weight excluding hydrogens is 420 g/mol. The summed E-state index contributed by atoms with van der Waals surface area (Å²) in [5, 5.41) is 11.0. The largest absolute Gasteiger partial charge is 0.489 e. The quantitative estimate of drug-likeness (QED) is 0.291. The molecule has 0 aliphatic carbocycles. The fraction of sp³-hybridized carbons (Fsp3) is 0.174. The molecule has 0 fully saturated rings. The van der Waals surface area contributed by atoms with Gasteiger partial charge in [0, 0.05) is 24.3 Å². The Kier molecular flexibility index (Phi) is 6.09. The minimum atomic E-state index is -0.537. The van der Waals surface area contributed by atoms with Crippen LogP contribution in [0.2, 0.25) is 0 Å². The van der Waals surface area contributed by atoms with Gasteiger partial charge in [-0.1, -0.05) is 12.1 Å². The van der Waals surface area contributed by atoms with Crippen LogP contribution in [0.4, 0.5) is 14.5 Å². The van der Waals surface area contributed by atoms with E-state index in [1.54, 1.807) is 30.3 Å². The zero-order chi connectivity index (χ0) is 22.7. The van der Waals surface area contributed by atoms with E-state index < -0.39 is 22.7 Å². The molecule has 0 amide bonds. The lowest BCUT2D eigenvalue weighted by Gasteiger charge is -2.16. The number of ether oxygens (including phenoxy) is 2. The van der Waals surface area contributed by atoms with E-state index in [-0.39, 0.29) is 17.9 Å². The minimum absolute atomic E-state index is 0.0307. The van der Waals surface area contributed by atoms with Crippen molar-refractivity contribution in [3.05, 3.63) is 99.4 Å². The number of halogens is 2. The molecule has 3 aromatic carbocycles. The Morgan fingerprint density at radius 1 is 1.09 bits per heavy atom. The number of imidazole rings is 1. The van der Waals surface area contributed by atoms with Gasteiger partial charge in [0.1, 0.15) is 35.9 Å². The van der Waals surface area contributed by atoms with Crippen LogP contribution in [0.5, 0.6) is 5.75 Å². The summed E-state index contributed by atoms with van der Waals surface area (Å²) in [5.41, 5.74) is 2.00. The van der Waals surface area contributed by atoms with Gasteiger partial charge in [-0.3, -0.25) is 10.1 Å². The fourth-order valence-corrected chi connectivity index (χ4v) is 3.31. The van der Waals surface area contributed by atoms with E-state index in [2.05, 4.69) is 9.97 Å². The Bertz CT molecular complexity index is 1260. The highest BCUT2D eigenvalue weighted by atomic mass is 19.1. The topological polar surface area (TPSA) is 90.3 Å². The van der Waals surface area contributed by atoms with Crippen LogP contribution in [-0.4, -0.2) is 21.5 Å². The summed E-state index contributed by atoms with van der Waals surface area (Å²) in [6.45, 7) is 2.16. The van der Waals surface area contributed by atoms with E-state index >= 15 is 0 Å². The van der Waals surface area contributed by atoms with Crippen molar-refractivity contribution in [2.24, 2.45) is 0 Å². The lowest BCUT2D eigenvalue weighted by molar-refractivity contribution is -0.384. The summed E-state index contributed by atoms with van der Waals surface area (Å²) >= 11 is 0. The third-order valence-electron chi connectivity index (χ3n) is 4.86. The summed E-state index contributed by atoms with van der Waals surface area (Å²) in [5.74, 6) is -0.0774. The number of benzene rings is 3. The monoisotopic (exact) mass is 439 g/mol. The second kappa shape index (κ2) is 9.11. The van der Waals surface area contributed by atoms with Gasteiger partial charge >= 0.3 is 0 Å². The van der Waals surface area contributed by atoms with Gasteiger partial charge in [-0.2, -0.15) is 0 Å². The molecule has 164 valence electrons. The van der Waals surface area contributed by atoms with Crippen LogP contribution in [0.3, 0.4) is 0 Å². The lowest BCUT2D eigenvalue weighted by Crippen LogP contribution is -2.08. The smallest absolute Gasteiger partial charge is 0.271 e. The highest BCUT2D eigenvalue weighted by molar-refractivity contribution is 5.78. The predicted octanol–water partition coefficient (Wildman–Crippen LogP) is 5.45. The number of hydrogen-bond donors (Lipinski definition) is 1. The van der Waals surface area contributed by atoms with Crippen molar-refractivity contribution in [2.45, 2.75) is 19.6 Å². The Hall–Kier alpha value is -3.85. The van der Waals surface area contributed by atoms with Crippen molar-refractivity contribution in [1.82, 2.24) is 9.97 Å². The Labute approximate surface area is 181 Å². The summed E-state index contributed by atoms with van der Waals surface area (Å²) in [4.78, 5) is 18.2. The first-order chi connectivity index (χ1) is 15.4. The lowest BCUT2D eigenvalue weighted by atomic mass is 10.1. The standard InChI is InChI=1S/C23H19F2N3O4/c1-2-31-22(23-26-20-10-6-17(28(29)30)12-21(20)27-23)14-3-7-18(8-4-14)32-13-15-11-16(24)5-9-19(15)25/h3-12,22H,2,13H2,1H3,(H,26,27). The molecule has 0 aliphatic rings. The van der Waals surface area contributed by atoms with Gasteiger partial charge in [0.15, 0.2) is 0 Å². The number of hydrogen-bond acceptors (Lipinski definition) is 5. The van der Waals surface area contributed by atoms with E-state index in [1.807, 2.05) is 6.92 Å². The van der Waals surface area contributed by atoms with Crippen molar-refractivity contribution < 1.29 is 23.2 Å². The first-order valence-electron chi connectivity index (χ1n) is 9.87. The van der Waals surface area contributed by atoms with E-state index in [4.69, 9.17) is 9.47 Å². The maximum absolute atomic E-state index is 13.8. The first-order valence-corrected chi connectivity index (χ1v) is 9.87. The third kappa shape index (κ3) is 4.57. The average molecular weight is 439 g/mol. The van der Waals surface area contributed by atoms with Crippen LogP contribution in [0.15, 0.2) is 60.7 Å². The molecular formula is C23H19F2N3O4. The van der Waals surface area contributed by atoms with Gasteiger partial charge in [0.25, 0.3) is 5.69 Å². The van der Waals surface area contributed by atoms with Gasteiger partial charge in [0.05, 0.1) is 16.0 Å². The number of rotatable bonds is 8. The predicted molar refractivity (Wildman–Crippen MR) is 113 cm³/mol. The molecule has 1 N–H and O–H groups in total. The third-order valence-corrected chi connectivity index (χ3v) is 4.86. The van der Waals surface area contributed by atoms with Gasteiger partial charge in [-0.25, -0.2) is 13.8 Å². The van der Waals surface area contributed by atoms with Gasteiger partial charge in [0.2, 0.25) is 0 Å². The minimum Gasteiger partial charge on any atom is -0.489 e. The van der Waals surface area contributed by atoms with Gasteiger partial charge in [-0.05, 0) is 48.9 Å². The number of nitrogens with zero attached hydrogens (tertiary/aromatic N) is 2. The summed E-state index contributed by atoms with van der Waals surface area (Å²) in [6.07, 6.45) is -0.527. The number of nitro groups is 1. The number of H-pyrrole nitrogens is 1. The first kappa shape index (κ1) is 21.4. The molecule has 1 aromatic heterocycles. The fourth-order valence-electron chi connectivity index (χ4n) is 3.31. The number of aromatic nitrogens is 2. The van der Waals surface area contributed by atoms with E-state index in [0.717, 1.165) is 23.8 Å². The van der Waals surface area contributed by atoms with Crippen LogP contribution in [-0.2, 0) is 11.3 Å². The molecule has 0 spiro atoms. The number of non-ortho nitro benzene ring substituents is 1. The van der Waals surface area contributed by atoms with Crippen LogP contribution in [0.1, 0.15) is 30.0 Å². The van der Waals surface area contributed by atoms with Crippen LogP contribution in [0, 0.1) is 21.7 Å². The van der Waals surface area contributed by atoms with Crippen molar-refractivity contribution in [3.63, 3.8) is 0 Å². The van der Waals surface area contributed by atoms with Crippen LogP contribution in [0.25, 0.3) is 11.0 Å². The number of nitrogens with one attached hydrogen (secondary N) is 1. The Balaban J connectivity index is 1.54. The van der Waals surface area contributed by atoms with E-state index in [1.165, 1.54) is 12.1 Å². The summed E-state index contributed by atoms with van der Waals surface area (Å²) in [7, 11) is 0. The molecule has 0 saturated carbocycles. The number of fused-ring (bicyclic) bond motifs is 1. The molecule has 4 rings (SSSR count). The Morgan fingerprint density at radius 3 is 2.59 bits per heavy atom. The second-order valence-corrected chi connectivity index (χ2v) is 7.01. The molecule has 0 aliphatic heterocycles. The summed E-state index contributed by atoms with van der Waals surface area (Å²) in [6, 6.07) is 14.6. The zero-order valence-electron chi connectivity index (χ0n) is 17.0. The molecule has 4 aromatic rings. The Morgan fingerprint density at radius 2 is 1.88 bits per heavy atom. The molecule has 7 nitrogen and oxygen atoms in total. The van der Waals surface area contributed by atoms with Crippen molar-refractivity contribution in [1.29, 1.82) is 0 Å². The van der Waals surface area contributed by atoms with Crippen molar-refractivity contribution in [2.75, 3.05) is 6.61 Å². The molecule has 1 unspecified atom stereocenters. The van der Waals surface area contributed by atoms with Crippen molar-refractivity contribution >= 4 is 16.7 Å². The molecule has 9 heteroatoms. The molecule has 1 heterocycles. The molecule has 1 atom stereocenters. The van der Waals surface area contributed by atoms with E-state index in [0.29, 0.717) is 29.2 Å². The normalized spacial score (nSPS) is 12.1. The maximum atomic E-state index is 13.8. The molecule has 32 heavy (non-hydrogen) atoms. The van der Waals surface area contributed by atoms with E-state index in [9.17, 15) is 18.9 Å². The van der Waals surface area contributed by atoms with Crippen LogP contribution >= 0.6 is 0 Å². The molecule has 0 saturated heterocycles. The van der Waals surface area contributed by atoms with Gasteiger partial charge in [-0.15, -0.1) is 0 Å². The molecule has 0 bridgehead atoms. The van der Waals surface area contributed by atoms with Crippen LogP contribution < -0.4 is 4.74 Å². The molecule has 0 radical (unpaired) electrons. The highest BCUT2D eigenvalue weighted by Gasteiger charge is 2.20. The maximum Gasteiger partial charge on any atom is 0.271 e. The average Bonchev–Trinajstić information content (AvgIpc) is 3.21.